The Labute approximate surface area is 215 Å². The van der Waals surface area contributed by atoms with E-state index in [1.54, 1.807) is 0 Å². The van der Waals surface area contributed by atoms with Crippen LogP contribution in [0.4, 0.5) is 0 Å². The van der Waals surface area contributed by atoms with Crippen LogP contribution in [-0.2, 0) is 7.05 Å². The quantitative estimate of drug-likeness (QED) is 0.190. The lowest BCUT2D eigenvalue weighted by atomic mass is 9.88. The molecule has 1 aliphatic rings. The van der Waals surface area contributed by atoms with Gasteiger partial charge in [-0.15, -0.1) is 0 Å². The summed E-state index contributed by atoms with van der Waals surface area (Å²) in [6.45, 7) is 13.9. The Kier molecular flexibility index (Phi) is 5.14. The Bertz CT molecular complexity index is 1680. The first-order chi connectivity index (χ1) is 17.2. The summed E-state index contributed by atoms with van der Waals surface area (Å²) in [6.07, 6.45) is 2.26. The maximum absolute atomic E-state index is 6.90. The van der Waals surface area contributed by atoms with Gasteiger partial charge in [0.1, 0.15) is 20.9 Å². The Morgan fingerprint density at radius 2 is 1.58 bits per heavy atom. The van der Waals surface area contributed by atoms with Crippen molar-refractivity contribution in [2.45, 2.75) is 46.7 Å². The normalized spacial score (nSPS) is 12.8. The number of rotatable bonds is 3. The van der Waals surface area contributed by atoms with Crippen LogP contribution in [-0.4, -0.2) is 8.07 Å². The van der Waals surface area contributed by atoms with Crippen LogP contribution in [0, 0.1) is 13.8 Å². The number of benzene rings is 4. The van der Waals surface area contributed by atoms with Crippen LogP contribution < -0.4 is 19.7 Å². The van der Waals surface area contributed by atoms with Gasteiger partial charge in [-0.2, -0.15) is 4.57 Å². The molecular formula is C33H34NOSi+. The van der Waals surface area contributed by atoms with Crippen molar-refractivity contribution < 1.29 is 9.30 Å². The molecule has 5 aromatic rings. The SMILES string of the molecule is Cc1cc2cc(C(C)C)cc3c2c(c1C)-c1c(c2cc([Si](C)(C)c4ccccc4)ccc2c[n+]1C)O3. The summed E-state index contributed by atoms with van der Waals surface area (Å²) in [5.41, 5.74) is 6.46. The Hall–Kier alpha value is -3.43. The molecule has 1 aromatic heterocycles. The fraction of sp³-hybridized carbons (Fsp3) is 0.242. The highest BCUT2D eigenvalue weighted by molar-refractivity contribution is 7.00. The summed E-state index contributed by atoms with van der Waals surface area (Å²) in [7, 11) is 0.294. The van der Waals surface area contributed by atoms with Gasteiger partial charge >= 0.3 is 0 Å². The molecule has 180 valence electrons. The molecule has 0 aliphatic carbocycles. The summed E-state index contributed by atoms with van der Waals surface area (Å²) < 4.78 is 9.16. The number of pyridine rings is 1. The predicted octanol–water partition coefficient (Wildman–Crippen LogP) is 7.15. The van der Waals surface area contributed by atoms with Gasteiger partial charge in [-0.05, 0) is 54.0 Å². The number of fused-ring (bicyclic) bond motifs is 4. The van der Waals surface area contributed by atoms with E-state index < -0.39 is 8.07 Å². The first kappa shape index (κ1) is 23.0. The van der Waals surface area contributed by atoms with Crippen LogP contribution in [0.5, 0.6) is 11.5 Å². The van der Waals surface area contributed by atoms with Crippen LogP contribution in [0.2, 0.25) is 13.1 Å². The van der Waals surface area contributed by atoms with Crippen molar-refractivity contribution in [2.24, 2.45) is 7.05 Å². The molecular weight excluding hydrogens is 454 g/mol. The molecule has 0 N–H and O–H groups in total. The highest BCUT2D eigenvalue weighted by Crippen LogP contribution is 2.50. The van der Waals surface area contributed by atoms with E-state index in [9.17, 15) is 0 Å². The smallest absolute Gasteiger partial charge is 0.257 e. The highest BCUT2D eigenvalue weighted by Gasteiger charge is 2.33. The zero-order chi connectivity index (χ0) is 25.4. The van der Waals surface area contributed by atoms with Crippen molar-refractivity contribution in [2.75, 3.05) is 0 Å². The van der Waals surface area contributed by atoms with Crippen molar-refractivity contribution >= 4 is 40.0 Å². The third kappa shape index (κ3) is 3.33. The van der Waals surface area contributed by atoms with Gasteiger partial charge in [0.15, 0.2) is 6.20 Å². The van der Waals surface area contributed by atoms with Crippen molar-refractivity contribution in [3.05, 3.63) is 89.6 Å². The third-order valence-electron chi connectivity index (χ3n) is 8.27. The molecule has 3 heteroatoms. The van der Waals surface area contributed by atoms with Gasteiger partial charge in [-0.3, -0.25) is 0 Å². The molecule has 0 bridgehead atoms. The maximum atomic E-state index is 6.90. The van der Waals surface area contributed by atoms with Crippen LogP contribution in [0.1, 0.15) is 36.5 Å². The summed E-state index contributed by atoms with van der Waals surface area (Å²) >= 11 is 0. The van der Waals surface area contributed by atoms with Crippen molar-refractivity contribution in [1.29, 1.82) is 0 Å². The molecule has 4 aromatic carbocycles. The predicted molar refractivity (Wildman–Crippen MR) is 155 cm³/mol. The number of aromatic nitrogens is 1. The van der Waals surface area contributed by atoms with E-state index in [1.807, 2.05) is 0 Å². The van der Waals surface area contributed by atoms with E-state index in [-0.39, 0.29) is 0 Å². The highest BCUT2D eigenvalue weighted by atomic mass is 28.3. The summed E-state index contributed by atoms with van der Waals surface area (Å²) in [4.78, 5) is 0. The number of hydrogen-bond donors (Lipinski definition) is 0. The Balaban J connectivity index is 1.67. The minimum Gasteiger partial charge on any atom is -0.449 e. The van der Waals surface area contributed by atoms with Crippen molar-refractivity contribution in [1.82, 2.24) is 0 Å². The van der Waals surface area contributed by atoms with Gasteiger partial charge in [0.05, 0.1) is 5.56 Å². The van der Waals surface area contributed by atoms with E-state index in [4.69, 9.17) is 4.74 Å². The zero-order valence-electron chi connectivity index (χ0n) is 22.4. The number of hydrogen-bond acceptors (Lipinski definition) is 1. The molecule has 6 rings (SSSR count). The first-order valence-electron chi connectivity index (χ1n) is 13.0. The molecule has 2 heterocycles. The Morgan fingerprint density at radius 3 is 2.31 bits per heavy atom. The van der Waals surface area contributed by atoms with Crippen LogP contribution in [0.3, 0.4) is 0 Å². The summed E-state index contributed by atoms with van der Waals surface area (Å²) in [5.74, 6) is 2.41. The topological polar surface area (TPSA) is 13.1 Å². The second-order valence-corrected chi connectivity index (χ2v) is 15.7. The molecule has 0 amide bonds. The fourth-order valence-electron chi connectivity index (χ4n) is 5.82. The number of ether oxygens (including phenoxy) is 1. The zero-order valence-corrected chi connectivity index (χ0v) is 23.4. The molecule has 0 fully saturated rings. The van der Waals surface area contributed by atoms with E-state index in [2.05, 4.69) is 125 Å². The Morgan fingerprint density at radius 1 is 0.833 bits per heavy atom. The second kappa shape index (κ2) is 8.04. The van der Waals surface area contributed by atoms with Gasteiger partial charge in [-0.25, -0.2) is 0 Å². The second-order valence-electron chi connectivity index (χ2n) is 11.3. The van der Waals surface area contributed by atoms with E-state index in [0.717, 1.165) is 11.5 Å². The lowest BCUT2D eigenvalue weighted by Crippen LogP contribution is -2.52. The van der Waals surface area contributed by atoms with Crippen molar-refractivity contribution in [3.8, 4) is 22.8 Å². The average molecular weight is 489 g/mol. The van der Waals surface area contributed by atoms with Crippen LogP contribution in [0.25, 0.3) is 32.8 Å². The minimum atomic E-state index is -1.86. The maximum Gasteiger partial charge on any atom is 0.257 e. The van der Waals surface area contributed by atoms with Gasteiger partial charge < -0.3 is 4.74 Å². The molecule has 0 spiro atoms. The van der Waals surface area contributed by atoms with E-state index in [1.165, 1.54) is 59.9 Å². The molecule has 0 radical (unpaired) electrons. The molecule has 1 aliphatic heterocycles. The molecule has 2 nitrogen and oxygen atoms in total. The van der Waals surface area contributed by atoms with Gasteiger partial charge in [0.2, 0.25) is 5.75 Å². The largest absolute Gasteiger partial charge is 0.449 e. The van der Waals surface area contributed by atoms with Gasteiger partial charge in [0.25, 0.3) is 5.69 Å². The average Bonchev–Trinajstić information content (AvgIpc) is 2.86. The number of aryl methyl sites for hydroxylation is 2. The minimum absolute atomic E-state index is 0.439. The molecule has 0 saturated carbocycles. The summed E-state index contributed by atoms with van der Waals surface area (Å²) in [6, 6.07) is 24.9. The van der Waals surface area contributed by atoms with Gasteiger partial charge in [-0.1, -0.05) is 91.9 Å². The van der Waals surface area contributed by atoms with Crippen molar-refractivity contribution in [3.63, 3.8) is 0 Å². The summed E-state index contributed by atoms with van der Waals surface area (Å²) in [5, 5.41) is 7.79. The van der Waals surface area contributed by atoms with E-state index >= 15 is 0 Å². The first-order valence-corrected chi connectivity index (χ1v) is 16.0. The molecule has 0 saturated heterocycles. The third-order valence-corrected chi connectivity index (χ3v) is 11.8. The molecule has 0 unspecified atom stereocenters. The fourth-order valence-corrected chi connectivity index (χ4v) is 8.18. The number of nitrogens with zero attached hydrogens (tertiary/aromatic N) is 1. The van der Waals surface area contributed by atoms with Crippen LogP contribution >= 0.6 is 0 Å². The molecule has 0 atom stereocenters. The van der Waals surface area contributed by atoms with E-state index in [0.29, 0.717) is 5.92 Å². The van der Waals surface area contributed by atoms with Gasteiger partial charge in [0, 0.05) is 16.2 Å². The van der Waals surface area contributed by atoms with Crippen LogP contribution in [0.15, 0.2) is 72.9 Å². The monoisotopic (exact) mass is 488 g/mol. The lowest BCUT2D eigenvalue weighted by Gasteiger charge is -2.26. The lowest BCUT2D eigenvalue weighted by molar-refractivity contribution is -0.659. The molecule has 36 heavy (non-hydrogen) atoms. The standard InChI is InChI=1S/C33H34NOSi/c1-20(2)24-16-25-15-21(3)22(4)30-31(25)29(17-24)35-33-28-18-27(14-13-23(28)19-34(5)32(30)33)36(6,7)26-11-9-8-10-12-26/h8-20H,1-7H3/q+1.